The topological polar surface area (TPSA) is 65.8 Å². The molecule has 0 spiro atoms. The van der Waals surface area contributed by atoms with E-state index in [1.165, 1.54) is 0 Å². The zero-order valence-corrected chi connectivity index (χ0v) is 18.5. The summed E-state index contributed by atoms with van der Waals surface area (Å²) < 4.78 is 1.67. The number of fused-ring (bicyclic) bond motifs is 1. The van der Waals surface area contributed by atoms with Crippen LogP contribution >= 0.6 is 11.6 Å². The van der Waals surface area contributed by atoms with Gasteiger partial charge in [-0.2, -0.15) is 5.10 Å². The van der Waals surface area contributed by atoms with Gasteiger partial charge in [0.15, 0.2) is 5.65 Å². The molecule has 5 rings (SSSR count). The Kier molecular flexibility index (Phi) is 5.51. The molecule has 1 aliphatic heterocycles. The lowest BCUT2D eigenvalue weighted by molar-refractivity contribution is 0.0988. The molecule has 0 radical (unpaired) electrons. The molecule has 162 valence electrons. The van der Waals surface area contributed by atoms with Gasteiger partial charge >= 0.3 is 0 Å². The Labute approximate surface area is 191 Å². The first-order valence-corrected chi connectivity index (χ1v) is 10.9. The first-order valence-electron chi connectivity index (χ1n) is 10.5. The van der Waals surface area contributed by atoms with Crippen molar-refractivity contribution in [3.05, 3.63) is 77.7 Å². The van der Waals surface area contributed by atoms with Crippen LogP contribution in [0.4, 0.5) is 11.4 Å². The average Bonchev–Trinajstić information content (AvgIpc) is 3.27. The van der Waals surface area contributed by atoms with Crippen LogP contribution in [0.15, 0.2) is 67.0 Å². The molecule has 0 atom stereocenters. The average molecular weight is 447 g/mol. The lowest BCUT2D eigenvalue weighted by Crippen LogP contribution is -2.44. The summed E-state index contributed by atoms with van der Waals surface area (Å²) in [5.74, 6) is -0.173. The third kappa shape index (κ3) is 3.81. The molecule has 8 heteroatoms. The smallest absolute Gasteiger partial charge is 0.276 e. The molecule has 1 N–H and O–H groups in total. The number of halogens is 1. The number of nitrogens with zero attached hydrogens (tertiary/aromatic N) is 5. The summed E-state index contributed by atoms with van der Waals surface area (Å²) in [5.41, 5.74) is 4.62. The quantitative estimate of drug-likeness (QED) is 0.517. The monoisotopic (exact) mass is 446 g/mol. The number of benzene rings is 2. The zero-order chi connectivity index (χ0) is 22.1. The SMILES string of the molecule is CN(C(=O)c1ccn2ncc(-c3cccc(Cl)c3)c2n1)c1ccccc1N1CCNCC1. The molecule has 0 unspecified atom stereocenters. The van der Waals surface area contributed by atoms with Gasteiger partial charge in [0.05, 0.1) is 17.6 Å². The van der Waals surface area contributed by atoms with E-state index in [9.17, 15) is 4.79 Å². The highest BCUT2D eigenvalue weighted by atomic mass is 35.5. The number of aromatic nitrogens is 3. The summed E-state index contributed by atoms with van der Waals surface area (Å²) >= 11 is 6.17. The molecule has 7 nitrogen and oxygen atoms in total. The van der Waals surface area contributed by atoms with Crippen LogP contribution in [-0.4, -0.2) is 53.7 Å². The predicted octanol–water partition coefficient (Wildman–Crippen LogP) is 3.74. The number of hydrogen-bond donors (Lipinski definition) is 1. The van der Waals surface area contributed by atoms with Gasteiger partial charge in [-0.3, -0.25) is 4.79 Å². The van der Waals surface area contributed by atoms with E-state index in [4.69, 9.17) is 11.6 Å². The Morgan fingerprint density at radius 2 is 1.91 bits per heavy atom. The largest absolute Gasteiger partial charge is 0.367 e. The van der Waals surface area contributed by atoms with Gasteiger partial charge in [0, 0.05) is 50.0 Å². The fraction of sp³-hybridized carbons (Fsp3) is 0.208. The van der Waals surface area contributed by atoms with Crippen LogP contribution in [0, 0.1) is 0 Å². The Bertz CT molecular complexity index is 1280. The first kappa shape index (κ1) is 20.5. The van der Waals surface area contributed by atoms with E-state index in [1.807, 2.05) is 42.5 Å². The Morgan fingerprint density at radius 1 is 1.09 bits per heavy atom. The van der Waals surface area contributed by atoms with Crippen LogP contribution in [0.1, 0.15) is 10.5 Å². The molecule has 1 amide bonds. The van der Waals surface area contributed by atoms with Gasteiger partial charge in [0.25, 0.3) is 5.91 Å². The van der Waals surface area contributed by atoms with Crippen molar-refractivity contribution in [2.75, 3.05) is 43.0 Å². The van der Waals surface area contributed by atoms with E-state index >= 15 is 0 Å². The fourth-order valence-electron chi connectivity index (χ4n) is 4.05. The van der Waals surface area contributed by atoms with Gasteiger partial charge < -0.3 is 15.1 Å². The third-order valence-electron chi connectivity index (χ3n) is 5.73. The van der Waals surface area contributed by atoms with E-state index in [0.29, 0.717) is 16.4 Å². The fourth-order valence-corrected chi connectivity index (χ4v) is 4.24. The molecule has 4 aromatic rings. The second kappa shape index (κ2) is 8.61. The number of amides is 1. The number of piperazine rings is 1. The van der Waals surface area contributed by atoms with Crippen molar-refractivity contribution in [3.63, 3.8) is 0 Å². The van der Waals surface area contributed by atoms with E-state index in [0.717, 1.165) is 48.7 Å². The van der Waals surface area contributed by atoms with Crippen molar-refractivity contribution in [1.82, 2.24) is 19.9 Å². The summed E-state index contributed by atoms with van der Waals surface area (Å²) in [4.78, 5) is 22.1. The van der Waals surface area contributed by atoms with Crippen LogP contribution in [0.25, 0.3) is 16.8 Å². The second-order valence-electron chi connectivity index (χ2n) is 7.74. The summed E-state index contributed by atoms with van der Waals surface area (Å²) in [6, 6.07) is 17.2. The van der Waals surface area contributed by atoms with Crippen LogP contribution in [0.3, 0.4) is 0 Å². The normalized spacial score (nSPS) is 14.0. The van der Waals surface area contributed by atoms with Gasteiger partial charge in [0.1, 0.15) is 5.69 Å². The van der Waals surface area contributed by atoms with E-state index in [2.05, 4.69) is 26.4 Å². The highest BCUT2D eigenvalue weighted by molar-refractivity contribution is 6.30. The number of carbonyl (C=O) groups excluding carboxylic acids is 1. The summed E-state index contributed by atoms with van der Waals surface area (Å²) in [6.07, 6.45) is 3.51. The predicted molar refractivity (Wildman–Crippen MR) is 128 cm³/mol. The molecule has 1 aliphatic rings. The van der Waals surface area contributed by atoms with Gasteiger partial charge in [0.2, 0.25) is 0 Å². The van der Waals surface area contributed by atoms with Crippen LogP contribution in [0.5, 0.6) is 0 Å². The Hall–Kier alpha value is -3.42. The van der Waals surface area contributed by atoms with E-state index < -0.39 is 0 Å². The van der Waals surface area contributed by atoms with Crippen LogP contribution in [-0.2, 0) is 0 Å². The van der Waals surface area contributed by atoms with Gasteiger partial charge in [-0.25, -0.2) is 9.50 Å². The van der Waals surface area contributed by atoms with Crippen molar-refractivity contribution in [2.45, 2.75) is 0 Å². The van der Waals surface area contributed by atoms with Crippen molar-refractivity contribution >= 4 is 34.5 Å². The molecule has 3 heterocycles. The lowest BCUT2D eigenvalue weighted by atomic mass is 10.1. The molecule has 0 aliphatic carbocycles. The second-order valence-corrected chi connectivity index (χ2v) is 8.18. The minimum atomic E-state index is -0.173. The molecular weight excluding hydrogens is 424 g/mol. The van der Waals surface area contributed by atoms with Crippen molar-refractivity contribution in [3.8, 4) is 11.1 Å². The molecule has 0 saturated carbocycles. The van der Waals surface area contributed by atoms with Crippen molar-refractivity contribution < 1.29 is 4.79 Å². The minimum Gasteiger partial charge on any atom is -0.367 e. The number of anilines is 2. The lowest BCUT2D eigenvalue weighted by Gasteiger charge is -2.32. The number of rotatable bonds is 4. The van der Waals surface area contributed by atoms with Gasteiger partial charge in [-0.05, 0) is 35.9 Å². The number of carbonyl (C=O) groups is 1. The highest BCUT2D eigenvalue weighted by Crippen LogP contribution is 2.30. The maximum absolute atomic E-state index is 13.4. The molecule has 1 saturated heterocycles. The standard InChI is InChI=1S/C24H23ClN6O/c1-29(21-7-2-3-8-22(21)30-13-10-26-11-14-30)24(32)20-9-12-31-23(28-20)19(16-27-31)17-5-4-6-18(25)15-17/h2-9,12,15-16,26H,10-11,13-14H2,1H3. The molecule has 0 bridgehead atoms. The molecule has 1 fully saturated rings. The molecule has 32 heavy (non-hydrogen) atoms. The number of nitrogens with one attached hydrogen (secondary N) is 1. The van der Waals surface area contributed by atoms with Crippen molar-refractivity contribution in [2.24, 2.45) is 0 Å². The number of hydrogen-bond acceptors (Lipinski definition) is 5. The molecular formula is C24H23ClN6O. The zero-order valence-electron chi connectivity index (χ0n) is 17.7. The molecule has 2 aromatic heterocycles. The Balaban J connectivity index is 1.50. The highest BCUT2D eigenvalue weighted by Gasteiger charge is 2.22. The summed E-state index contributed by atoms with van der Waals surface area (Å²) in [5, 5.41) is 8.38. The van der Waals surface area contributed by atoms with Crippen LogP contribution in [0.2, 0.25) is 5.02 Å². The van der Waals surface area contributed by atoms with E-state index in [1.54, 1.807) is 34.9 Å². The van der Waals surface area contributed by atoms with Crippen molar-refractivity contribution in [1.29, 1.82) is 0 Å². The summed E-state index contributed by atoms with van der Waals surface area (Å²) in [7, 11) is 1.80. The molecule has 2 aromatic carbocycles. The Morgan fingerprint density at radius 3 is 2.72 bits per heavy atom. The minimum absolute atomic E-state index is 0.173. The first-order chi connectivity index (χ1) is 15.6. The maximum atomic E-state index is 13.4. The maximum Gasteiger partial charge on any atom is 0.276 e. The third-order valence-corrected chi connectivity index (χ3v) is 5.96. The van der Waals surface area contributed by atoms with Gasteiger partial charge in [-0.1, -0.05) is 35.9 Å². The summed E-state index contributed by atoms with van der Waals surface area (Å²) in [6.45, 7) is 3.67. The number of para-hydroxylation sites is 2. The van der Waals surface area contributed by atoms with Gasteiger partial charge in [-0.15, -0.1) is 0 Å². The van der Waals surface area contributed by atoms with E-state index in [-0.39, 0.29) is 5.91 Å². The van der Waals surface area contributed by atoms with Crippen LogP contribution < -0.4 is 15.1 Å².